The van der Waals surface area contributed by atoms with Gasteiger partial charge in [-0.3, -0.25) is 0 Å². The van der Waals surface area contributed by atoms with Gasteiger partial charge < -0.3 is 4.57 Å². The van der Waals surface area contributed by atoms with Crippen LogP contribution in [0.1, 0.15) is 26.5 Å². The summed E-state index contributed by atoms with van der Waals surface area (Å²) >= 11 is 5.76. The van der Waals surface area contributed by atoms with Gasteiger partial charge in [0, 0.05) is 32.0 Å². The van der Waals surface area contributed by atoms with Crippen LogP contribution in [0.15, 0.2) is 17.2 Å². The predicted octanol–water partition coefficient (Wildman–Crippen LogP) is 2.43. The van der Waals surface area contributed by atoms with Crippen LogP contribution < -0.4 is 0 Å². The molecule has 0 aliphatic heterocycles. The Morgan fingerprint density at radius 1 is 1.39 bits per heavy atom. The van der Waals surface area contributed by atoms with Gasteiger partial charge in [-0.25, -0.2) is 8.42 Å². The molecule has 0 N–H and O–H groups in total. The Bertz CT molecular complexity index is 508. The lowest BCUT2D eigenvalue weighted by Crippen LogP contribution is -2.38. The molecular weight excluding hydrogens is 272 g/mol. The van der Waals surface area contributed by atoms with E-state index in [0.29, 0.717) is 10.8 Å². The van der Waals surface area contributed by atoms with Crippen LogP contribution in [-0.2, 0) is 23.0 Å². The Morgan fingerprint density at radius 3 is 2.33 bits per heavy atom. The predicted molar refractivity (Wildman–Crippen MR) is 74.2 cm³/mol. The van der Waals surface area contributed by atoms with Gasteiger partial charge in [-0.15, -0.1) is 11.6 Å². The summed E-state index contributed by atoms with van der Waals surface area (Å²) in [4.78, 5) is 0.302. The molecule has 4 nitrogen and oxygen atoms in total. The fourth-order valence-corrected chi connectivity index (χ4v) is 3.51. The zero-order valence-corrected chi connectivity index (χ0v) is 13.1. The molecule has 1 rings (SSSR count). The summed E-state index contributed by atoms with van der Waals surface area (Å²) in [6.45, 7) is 5.92. The largest absolute Gasteiger partial charge is 0.352 e. The fourth-order valence-electron chi connectivity index (χ4n) is 1.66. The first-order valence-electron chi connectivity index (χ1n) is 5.91. The molecule has 1 unspecified atom stereocenters. The first-order valence-corrected chi connectivity index (χ1v) is 7.88. The summed E-state index contributed by atoms with van der Waals surface area (Å²) in [5.41, 5.74) is 0.792. The molecule has 18 heavy (non-hydrogen) atoms. The second-order valence-corrected chi connectivity index (χ2v) is 7.18. The zero-order valence-electron chi connectivity index (χ0n) is 11.5. The lowest BCUT2D eigenvalue weighted by atomic mass is 10.1. The molecule has 0 aliphatic carbocycles. The maximum absolute atomic E-state index is 12.4. The monoisotopic (exact) mass is 292 g/mol. The highest BCUT2D eigenvalue weighted by molar-refractivity contribution is 7.89. The zero-order chi connectivity index (χ0) is 14.1. The average molecular weight is 293 g/mol. The van der Waals surface area contributed by atoms with Crippen LogP contribution in [0.2, 0.25) is 0 Å². The molecule has 0 saturated heterocycles. The molecule has 0 spiro atoms. The smallest absolute Gasteiger partial charge is 0.244 e. The van der Waals surface area contributed by atoms with Crippen LogP contribution in [0.25, 0.3) is 0 Å². The molecule has 0 bridgehead atoms. The van der Waals surface area contributed by atoms with E-state index in [1.165, 1.54) is 4.31 Å². The van der Waals surface area contributed by atoms with E-state index < -0.39 is 10.0 Å². The van der Waals surface area contributed by atoms with Gasteiger partial charge in [-0.1, -0.05) is 13.8 Å². The molecule has 1 heterocycles. The van der Waals surface area contributed by atoms with Gasteiger partial charge in [0.05, 0.1) is 5.88 Å². The Hall–Kier alpha value is -0.520. The number of halogens is 1. The molecule has 1 atom stereocenters. The minimum absolute atomic E-state index is 0.0466. The third-order valence-corrected chi connectivity index (χ3v) is 5.62. The van der Waals surface area contributed by atoms with Crippen LogP contribution in [0, 0.1) is 5.92 Å². The second kappa shape index (κ2) is 5.63. The van der Waals surface area contributed by atoms with Crippen molar-refractivity contribution in [3.63, 3.8) is 0 Å². The number of nitrogens with zero attached hydrogens (tertiary/aromatic N) is 2. The highest BCUT2D eigenvalue weighted by Crippen LogP contribution is 2.22. The third-order valence-electron chi connectivity index (χ3n) is 3.44. The number of alkyl halides is 1. The topological polar surface area (TPSA) is 42.3 Å². The van der Waals surface area contributed by atoms with E-state index in [1.54, 1.807) is 30.9 Å². The van der Waals surface area contributed by atoms with E-state index in [0.717, 1.165) is 5.69 Å². The van der Waals surface area contributed by atoms with E-state index in [-0.39, 0.29) is 12.0 Å². The first-order chi connectivity index (χ1) is 8.21. The molecule has 1 aromatic heterocycles. The highest BCUT2D eigenvalue weighted by atomic mass is 35.5. The van der Waals surface area contributed by atoms with Crippen LogP contribution in [0.5, 0.6) is 0 Å². The maximum atomic E-state index is 12.4. The van der Waals surface area contributed by atoms with Gasteiger partial charge in [-0.05, 0) is 18.9 Å². The summed E-state index contributed by atoms with van der Waals surface area (Å²) in [5, 5.41) is 0. The Morgan fingerprint density at radius 2 is 1.94 bits per heavy atom. The van der Waals surface area contributed by atoms with Gasteiger partial charge in [0.2, 0.25) is 10.0 Å². The molecule has 0 amide bonds. The number of aromatic nitrogens is 1. The van der Waals surface area contributed by atoms with E-state index in [4.69, 9.17) is 11.6 Å². The van der Waals surface area contributed by atoms with Gasteiger partial charge in [0.15, 0.2) is 0 Å². The molecule has 0 saturated carbocycles. The van der Waals surface area contributed by atoms with Crippen molar-refractivity contribution in [2.75, 3.05) is 7.05 Å². The van der Waals surface area contributed by atoms with E-state index >= 15 is 0 Å². The van der Waals surface area contributed by atoms with E-state index in [9.17, 15) is 8.42 Å². The molecule has 6 heteroatoms. The van der Waals surface area contributed by atoms with Crippen molar-refractivity contribution in [2.45, 2.75) is 37.6 Å². The molecule has 0 radical (unpaired) electrons. The van der Waals surface area contributed by atoms with Crippen LogP contribution in [0.3, 0.4) is 0 Å². The maximum Gasteiger partial charge on any atom is 0.244 e. The van der Waals surface area contributed by atoms with Crippen LogP contribution in [0.4, 0.5) is 0 Å². The van der Waals surface area contributed by atoms with Gasteiger partial charge >= 0.3 is 0 Å². The first kappa shape index (κ1) is 15.5. The standard InChI is InChI=1S/C12H21ClN2O2S/c1-9(2)10(3)15(5)18(16,17)12-6-11(7-13)14(4)8-12/h6,8-10H,7H2,1-5H3. The van der Waals surface area contributed by atoms with E-state index in [1.807, 2.05) is 20.8 Å². The third kappa shape index (κ3) is 2.90. The molecular formula is C12H21ClN2O2S. The summed E-state index contributed by atoms with van der Waals surface area (Å²) in [6.07, 6.45) is 1.61. The van der Waals surface area contributed by atoms with E-state index in [2.05, 4.69) is 0 Å². The minimum atomic E-state index is -3.44. The molecule has 0 aliphatic rings. The quantitative estimate of drug-likeness (QED) is 0.782. The lowest BCUT2D eigenvalue weighted by Gasteiger charge is -2.26. The van der Waals surface area contributed by atoms with Gasteiger partial charge in [0.1, 0.15) is 4.90 Å². The van der Waals surface area contributed by atoms with Gasteiger partial charge in [-0.2, -0.15) is 4.31 Å². The average Bonchev–Trinajstić information content (AvgIpc) is 2.68. The number of aryl methyl sites for hydroxylation is 1. The number of hydrogen-bond acceptors (Lipinski definition) is 2. The summed E-state index contributed by atoms with van der Waals surface area (Å²) in [7, 11) is -0.0285. The lowest BCUT2D eigenvalue weighted by molar-refractivity contribution is 0.316. The molecule has 1 aromatic rings. The second-order valence-electron chi connectivity index (χ2n) is 4.92. The highest BCUT2D eigenvalue weighted by Gasteiger charge is 2.28. The van der Waals surface area contributed by atoms with Crippen molar-refractivity contribution in [2.24, 2.45) is 13.0 Å². The summed E-state index contributed by atoms with van der Waals surface area (Å²) in [6, 6.07) is 1.58. The van der Waals surface area contributed by atoms with Crippen LogP contribution >= 0.6 is 11.6 Å². The van der Waals surface area contributed by atoms with Crippen molar-refractivity contribution in [1.29, 1.82) is 0 Å². The normalized spacial score (nSPS) is 14.4. The molecule has 0 fully saturated rings. The Balaban J connectivity index is 3.13. The number of sulfonamides is 1. The van der Waals surface area contributed by atoms with Crippen LogP contribution in [-0.4, -0.2) is 30.4 Å². The SMILES string of the molecule is CC(C)C(C)N(C)S(=O)(=O)c1cc(CCl)n(C)c1. The van der Waals surface area contributed by atoms with Crippen molar-refractivity contribution < 1.29 is 8.42 Å². The molecule has 0 aromatic carbocycles. The summed E-state index contributed by atoms with van der Waals surface area (Å²) in [5.74, 6) is 0.566. The van der Waals surface area contributed by atoms with Crippen molar-refractivity contribution >= 4 is 21.6 Å². The fraction of sp³-hybridized carbons (Fsp3) is 0.667. The van der Waals surface area contributed by atoms with Gasteiger partial charge in [0.25, 0.3) is 0 Å². The van der Waals surface area contributed by atoms with Crippen molar-refractivity contribution in [3.05, 3.63) is 18.0 Å². The Labute approximate surface area is 115 Å². The minimum Gasteiger partial charge on any atom is -0.352 e. The number of hydrogen-bond donors (Lipinski definition) is 0. The summed E-state index contributed by atoms with van der Waals surface area (Å²) < 4.78 is 28.0. The Kier molecular flexibility index (Phi) is 4.86. The van der Waals surface area contributed by atoms with Crippen molar-refractivity contribution in [1.82, 2.24) is 8.87 Å². The number of rotatable bonds is 5. The van der Waals surface area contributed by atoms with Crippen molar-refractivity contribution in [3.8, 4) is 0 Å². The molecule has 104 valence electrons.